The Balaban J connectivity index is 1.58. The molecule has 0 saturated carbocycles. The van der Waals surface area contributed by atoms with E-state index in [4.69, 9.17) is 11.6 Å². The van der Waals surface area contributed by atoms with Crippen molar-refractivity contribution >= 4 is 40.5 Å². The van der Waals surface area contributed by atoms with Crippen molar-refractivity contribution in [2.45, 2.75) is 6.92 Å². The lowest BCUT2D eigenvalue weighted by atomic mass is 10.2. The van der Waals surface area contributed by atoms with Gasteiger partial charge in [-0.15, -0.1) is 0 Å². The second kappa shape index (κ2) is 7.63. The topological polar surface area (TPSA) is 78.9 Å². The minimum Gasteiger partial charge on any atom is -0.340 e. The highest BCUT2D eigenvalue weighted by Gasteiger charge is 2.03. The maximum atomic E-state index is 12.0. The van der Waals surface area contributed by atoms with E-state index >= 15 is 0 Å². The molecule has 3 rings (SSSR count). The first-order valence-corrected chi connectivity index (χ1v) is 7.95. The zero-order valence-corrected chi connectivity index (χ0v) is 14.2. The van der Waals surface area contributed by atoms with E-state index in [-0.39, 0.29) is 6.03 Å². The highest BCUT2D eigenvalue weighted by molar-refractivity contribution is 6.30. The van der Waals surface area contributed by atoms with Gasteiger partial charge in [0.1, 0.15) is 12.1 Å². The minimum atomic E-state index is -0.325. The molecule has 1 aromatic heterocycles. The van der Waals surface area contributed by atoms with E-state index in [1.807, 2.05) is 25.1 Å². The highest BCUT2D eigenvalue weighted by atomic mass is 35.5. The summed E-state index contributed by atoms with van der Waals surface area (Å²) in [6.45, 7) is 1.90. The van der Waals surface area contributed by atoms with Gasteiger partial charge < -0.3 is 16.0 Å². The Morgan fingerprint density at radius 3 is 2.04 bits per heavy atom. The van der Waals surface area contributed by atoms with Crippen LogP contribution in [0.4, 0.5) is 27.7 Å². The van der Waals surface area contributed by atoms with Crippen LogP contribution < -0.4 is 16.0 Å². The summed E-state index contributed by atoms with van der Waals surface area (Å²) in [5, 5.41) is 9.30. The summed E-state index contributed by atoms with van der Waals surface area (Å²) in [5.41, 5.74) is 3.09. The largest absolute Gasteiger partial charge is 0.340 e. The lowest BCUT2D eigenvalue weighted by Gasteiger charge is -2.09. The summed E-state index contributed by atoms with van der Waals surface area (Å²) < 4.78 is 0. The molecule has 1 heterocycles. The van der Waals surface area contributed by atoms with E-state index in [2.05, 4.69) is 25.9 Å². The van der Waals surface area contributed by atoms with Crippen molar-refractivity contribution in [1.82, 2.24) is 9.97 Å². The second-order valence-electron chi connectivity index (χ2n) is 5.33. The molecule has 3 N–H and O–H groups in total. The summed E-state index contributed by atoms with van der Waals surface area (Å²) in [6.07, 6.45) is 1.51. The number of aryl methyl sites for hydroxylation is 1. The average molecular weight is 354 g/mol. The molecule has 0 fully saturated rings. The van der Waals surface area contributed by atoms with Crippen LogP contribution in [0.25, 0.3) is 0 Å². The minimum absolute atomic E-state index is 0.325. The van der Waals surface area contributed by atoms with Gasteiger partial charge in [-0.3, -0.25) is 0 Å². The number of halogens is 1. The fourth-order valence-corrected chi connectivity index (χ4v) is 2.26. The van der Waals surface area contributed by atoms with E-state index in [9.17, 15) is 4.79 Å². The Hall–Kier alpha value is -3.12. The van der Waals surface area contributed by atoms with Crippen molar-refractivity contribution in [3.05, 3.63) is 71.6 Å². The molecule has 3 aromatic rings. The number of hydrogen-bond donors (Lipinski definition) is 3. The first-order valence-electron chi connectivity index (χ1n) is 7.58. The van der Waals surface area contributed by atoms with Crippen molar-refractivity contribution in [3.63, 3.8) is 0 Å². The molecule has 25 heavy (non-hydrogen) atoms. The number of nitrogens with zero attached hydrogens (tertiary/aromatic N) is 2. The monoisotopic (exact) mass is 353 g/mol. The number of carbonyl (C=O) groups excluding carboxylic acids is 1. The number of benzene rings is 2. The highest BCUT2D eigenvalue weighted by Crippen LogP contribution is 2.18. The molecule has 0 saturated heterocycles. The summed E-state index contributed by atoms with van der Waals surface area (Å²) in [6, 6.07) is 15.7. The van der Waals surface area contributed by atoms with E-state index < -0.39 is 0 Å². The van der Waals surface area contributed by atoms with E-state index in [1.165, 1.54) is 6.33 Å². The Morgan fingerprint density at radius 2 is 1.44 bits per heavy atom. The third-order valence-electron chi connectivity index (χ3n) is 3.32. The van der Waals surface area contributed by atoms with Crippen LogP contribution in [0.5, 0.6) is 0 Å². The second-order valence-corrected chi connectivity index (χ2v) is 5.77. The van der Waals surface area contributed by atoms with Crippen molar-refractivity contribution < 1.29 is 4.79 Å². The molecule has 0 aliphatic rings. The first kappa shape index (κ1) is 16.7. The van der Waals surface area contributed by atoms with Crippen molar-refractivity contribution in [2.75, 3.05) is 16.0 Å². The van der Waals surface area contributed by atoms with Crippen LogP contribution in [0.15, 0.2) is 60.9 Å². The molecule has 2 amide bonds. The maximum Gasteiger partial charge on any atom is 0.323 e. The van der Waals surface area contributed by atoms with E-state index in [0.29, 0.717) is 22.2 Å². The van der Waals surface area contributed by atoms with Crippen LogP contribution in [0.1, 0.15) is 5.69 Å². The van der Waals surface area contributed by atoms with Crippen molar-refractivity contribution in [2.24, 2.45) is 0 Å². The quantitative estimate of drug-likeness (QED) is 0.628. The molecule has 2 aromatic carbocycles. The Kier molecular flexibility index (Phi) is 5.11. The number of anilines is 4. The fourth-order valence-electron chi connectivity index (χ4n) is 2.13. The molecular weight excluding hydrogens is 338 g/mol. The standard InChI is InChI=1S/C18H16ClN5O/c1-12-10-17(21-11-20-12)22-14-6-8-16(9-7-14)24-18(25)23-15-4-2-13(19)3-5-15/h2-11H,1H3,(H,20,21,22)(H2,23,24,25). The molecule has 0 aliphatic heterocycles. The predicted molar refractivity (Wildman–Crippen MR) is 101 cm³/mol. The third-order valence-corrected chi connectivity index (χ3v) is 3.57. The lowest BCUT2D eigenvalue weighted by molar-refractivity contribution is 0.262. The fraction of sp³-hybridized carbons (Fsp3) is 0.0556. The van der Waals surface area contributed by atoms with Gasteiger partial charge in [-0.1, -0.05) is 11.6 Å². The molecule has 0 aliphatic carbocycles. The number of nitrogens with one attached hydrogen (secondary N) is 3. The number of carbonyl (C=O) groups is 1. The van der Waals surface area contributed by atoms with Gasteiger partial charge in [-0.05, 0) is 55.5 Å². The van der Waals surface area contributed by atoms with Gasteiger partial charge in [-0.25, -0.2) is 14.8 Å². The smallest absolute Gasteiger partial charge is 0.323 e. The summed E-state index contributed by atoms with van der Waals surface area (Å²) in [5.74, 6) is 0.716. The van der Waals surface area contributed by atoms with Crippen LogP contribution in [0, 0.1) is 6.92 Å². The number of amides is 2. The molecule has 126 valence electrons. The van der Waals surface area contributed by atoms with Crippen LogP contribution in [-0.4, -0.2) is 16.0 Å². The number of hydrogen-bond acceptors (Lipinski definition) is 4. The Bertz CT molecular complexity index is 865. The van der Waals surface area contributed by atoms with E-state index in [0.717, 1.165) is 11.4 Å². The number of aromatic nitrogens is 2. The molecule has 0 radical (unpaired) electrons. The van der Waals surface area contributed by atoms with Crippen molar-refractivity contribution in [1.29, 1.82) is 0 Å². The lowest BCUT2D eigenvalue weighted by Crippen LogP contribution is -2.19. The Labute approximate surface area is 150 Å². The molecule has 6 nitrogen and oxygen atoms in total. The van der Waals surface area contributed by atoms with Crippen LogP contribution in [0.2, 0.25) is 5.02 Å². The zero-order chi connectivity index (χ0) is 17.6. The summed E-state index contributed by atoms with van der Waals surface area (Å²) in [4.78, 5) is 20.2. The van der Waals surface area contributed by atoms with Crippen LogP contribution >= 0.6 is 11.6 Å². The van der Waals surface area contributed by atoms with Gasteiger partial charge in [-0.2, -0.15) is 0 Å². The number of rotatable bonds is 4. The molecule has 0 bridgehead atoms. The molecule has 7 heteroatoms. The first-order chi connectivity index (χ1) is 12.1. The molecule has 0 spiro atoms. The third kappa shape index (κ3) is 4.92. The summed E-state index contributed by atoms with van der Waals surface area (Å²) >= 11 is 5.82. The Morgan fingerprint density at radius 1 is 0.880 bits per heavy atom. The molecular formula is C18H16ClN5O. The number of urea groups is 1. The van der Waals surface area contributed by atoms with Gasteiger partial charge in [0.2, 0.25) is 0 Å². The SMILES string of the molecule is Cc1cc(Nc2ccc(NC(=O)Nc3ccc(Cl)cc3)cc2)ncn1. The zero-order valence-electron chi connectivity index (χ0n) is 13.5. The van der Waals surface area contributed by atoms with Gasteiger partial charge in [0.25, 0.3) is 0 Å². The van der Waals surface area contributed by atoms with Gasteiger partial charge in [0.15, 0.2) is 0 Å². The van der Waals surface area contributed by atoms with Crippen LogP contribution in [0.3, 0.4) is 0 Å². The molecule has 0 unspecified atom stereocenters. The normalized spacial score (nSPS) is 10.2. The van der Waals surface area contributed by atoms with E-state index in [1.54, 1.807) is 36.4 Å². The molecule has 0 atom stereocenters. The van der Waals surface area contributed by atoms with Gasteiger partial charge >= 0.3 is 6.03 Å². The average Bonchev–Trinajstić information content (AvgIpc) is 2.59. The van der Waals surface area contributed by atoms with Crippen molar-refractivity contribution in [3.8, 4) is 0 Å². The van der Waals surface area contributed by atoms with Gasteiger partial charge in [0.05, 0.1) is 0 Å². The van der Waals surface area contributed by atoms with Crippen LogP contribution in [-0.2, 0) is 0 Å². The predicted octanol–water partition coefficient (Wildman–Crippen LogP) is 4.83. The summed E-state index contributed by atoms with van der Waals surface area (Å²) in [7, 11) is 0. The maximum absolute atomic E-state index is 12.0. The van der Waals surface area contributed by atoms with Gasteiger partial charge in [0, 0.05) is 33.8 Å².